The molecule has 7 nitrogen and oxygen atoms in total. The number of thioether (sulfide) groups is 1. The van der Waals surface area contributed by atoms with Gasteiger partial charge in [0.25, 0.3) is 0 Å². The van der Waals surface area contributed by atoms with Crippen molar-refractivity contribution in [2.75, 3.05) is 29.1 Å². The number of benzene rings is 1. The van der Waals surface area contributed by atoms with E-state index in [0.717, 1.165) is 54.9 Å². The molecule has 8 heteroatoms. The van der Waals surface area contributed by atoms with Gasteiger partial charge in [-0.1, -0.05) is 23.9 Å². The molecule has 0 bridgehead atoms. The van der Waals surface area contributed by atoms with Crippen LogP contribution in [-0.2, 0) is 9.59 Å². The van der Waals surface area contributed by atoms with Crippen LogP contribution >= 0.6 is 11.8 Å². The predicted molar refractivity (Wildman–Crippen MR) is 123 cm³/mol. The van der Waals surface area contributed by atoms with E-state index in [1.807, 2.05) is 44.2 Å². The van der Waals surface area contributed by atoms with Crippen LogP contribution in [0, 0.1) is 19.8 Å². The summed E-state index contributed by atoms with van der Waals surface area (Å²) in [7, 11) is 0. The van der Waals surface area contributed by atoms with E-state index in [-0.39, 0.29) is 23.5 Å². The third-order valence-electron chi connectivity index (χ3n) is 5.90. The van der Waals surface area contributed by atoms with Crippen LogP contribution < -0.4 is 15.5 Å². The minimum absolute atomic E-state index is 0.0129. The fraction of sp³-hybridized carbons (Fsp3) is 0.478. The highest BCUT2D eigenvalue weighted by Gasteiger charge is 2.30. The predicted octanol–water partition coefficient (Wildman–Crippen LogP) is 3.32. The Morgan fingerprint density at radius 3 is 2.71 bits per heavy atom. The molecule has 31 heavy (non-hydrogen) atoms. The summed E-state index contributed by atoms with van der Waals surface area (Å²) in [6.07, 6.45) is 4.11. The number of aromatic nitrogens is 2. The molecule has 1 aromatic carbocycles. The molecule has 1 unspecified atom stereocenters. The molecule has 1 atom stereocenters. The van der Waals surface area contributed by atoms with Crippen molar-refractivity contribution in [2.24, 2.45) is 5.92 Å². The largest absolute Gasteiger partial charge is 0.354 e. The first-order chi connectivity index (χ1) is 15.0. The Hall–Kier alpha value is -2.61. The van der Waals surface area contributed by atoms with Crippen LogP contribution in [0.1, 0.15) is 36.8 Å². The van der Waals surface area contributed by atoms with Gasteiger partial charge in [0.05, 0.1) is 11.7 Å². The number of nitrogens with zero attached hydrogens (tertiary/aromatic N) is 3. The van der Waals surface area contributed by atoms with Gasteiger partial charge in [-0.25, -0.2) is 0 Å². The second-order valence-electron chi connectivity index (χ2n) is 8.38. The molecule has 2 amide bonds. The molecule has 164 valence electrons. The zero-order valence-corrected chi connectivity index (χ0v) is 18.9. The van der Waals surface area contributed by atoms with Crippen LogP contribution in [0.3, 0.4) is 0 Å². The molecule has 2 heterocycles. The SMILES string of the molecule is Cc1cccc(NC(=O)CSc2ccc(N3CCCC(C(=O)NC4CC4)C3)nn2)c1C. The van der Waals surface area contributed by atoms with E-state index in [4.69, 9.17) is 0 Å². The van der Waals surface area contributed by atoms with Crippen molar-refractivity contribution in [3.8, 4) is 0 Å². The van der Waals surface area contributed by atoms with Crippen molar-refractivity contribution in [2.45, 2.75) is 50.6 Å². The molecular formula is C23H29N5O2S. The molecule has 1 saturated carbocycles. The molecule has 1 aromatic heterocycles. The molecule has 1 aliphatic heterocycles. The van der Waals surface area contributed by atoms with Crippen molar-refractivity contribution >= 4 is 35.1 Å². The lowest BCUT2D eigenvalue weighted by Gasteiger charge is -2.32. The number of anilines is 2. The molecule has 2 N–H and O–H groups in total. The minimum atomic E-state index is -0.0647. The first-order valence-corrected chi connectivity index (χ1v) is 11.9. The number of amides is 2. The third-order valence-corrected chi connectivity index (χ3v) is 6.82. The van der Waals surface area contributed by atoms with Crippen LogP contribution in [0.2, 0.25) is 0 Å². The molecular weight excluding hydrogens is 410 g/mol. The summed E-state index contributed by atoms with van der Waals surface area (Å²) in [6.45, 7) is 5.59. The summed E-state index contributed by atoms with van der Waals surface area (Å²) in [5.74, 6) is 1.17. The number of aryl methyl sites for hydroxylation is 1. The summed E-state index contributed by atoms with van der Waals surface area (Å²) >= 11 is 1.36. The van der Waals surface area contributed by atoms with Gasteiger partial charge in [0.15, 0.2) is 5.82 Å². The zero-order valence-electron chi connectivity index (χ0n) is 18.1. The Labute approximate surface area is 187 Å². The van der Waals surface area contributed by atoms with Gasteiger partial charge in [-0.15, -0.1) is 10.2 Å². The summed E-state index contributed by atoms with van der Waals surface area (Å²) in [6, 6.07) is 10.1. The number of carbonyl (C=O) groups is 2. The maximum Gasteiger partial charge on any atom is 0.234 e. The van der Waals surface area contributed by atoms with Crippen molar-refractivity contribution in [1.82, 2.24) is 15.5 Å². The Bertz CT molecular complexity index is 945. The van der Waals surface area contributed by atoms with E-state index in [2.05, 4.69) is 25.7 Å². The third kappa shape index (κ3) is 5.76. The van der Waals surface area contributed by atoms with Crippen molar-refractivity contribution in [1.29, 1.82) is 0 Å². The Morgan fingerprint density at radius 1 is 1.13 bits per heavy atom. The van der Waals surface area contributed by atoms with E-state index in [0.29, 0.717) is 17.6 Å². The zero-order chi connectivity index (χ0) is 21.8. The van der Waals surface area contributed by atoms with Gasteiger partial charge in [-0.2, -0.15) is 0 Å². The first-order valence-electron chi connectivity index (χ1n) is 10.9. The second kappa shape index (κ2) is 9.68. The quantitative estimate of drug-likeness (QED) is 0.644. The maximum atomic E-state index is 12.4. The molecule has 0 radical (unpaired) electrons. The number of carbonyl (C=O) groups excluding carboxylic acids is 2. The maximum absolute atomic E-state index is 12.4. The highest BCUT2D eigenvalue weighted by molar-refractivity contribution is 7.99. The average Bonchev–Trinajstić information content (AvgIpc) is 3.60. The van der Waals surface area contributed by atoms with Gasteiger partial charge in [0, 0.05) is 24.8 Å². The van der Waals surface area contributed by atoms with Crippen LogP contribution in [0.4, 0.5) is 11.5 Å². The molecule has 0 spiro atoms. The lowest BCUT2D eigenvalue weighted by Crippen LogP contribution is -2.44. The number of rotatable bonds is 7. The monoisotopic (exact) mass is 439 g/mol. The Balaban J connectivity index is 1.28. The van der Waals surface area contributed by atoms with Gasteiger partial charge >= 0.3 is 0 Å². The van der Waals surface area contributed by atoms with Gasteiger partial charge in [0.2, 0.25) is 11.8 Å². The highest BCUT2D eigenvalue weighted by Crippen LogP contribution is 2.25. The van der Waals surface area contributed by atoms with E-state index in [1.54, 1.807) is 0 Å². The molecule has 2 aliphatic rings. The van der Waals surface area contributed by atoms with Crippen molar-refractivity contribution in [3.05, 3.63) is 41.5 Å². The summed E-state index contributed by atoms with van der Waals surface area (Å²) in [5.41, 5.74) is 3.07. The Kier molecular flexibility index (Phi) is 6.75. The second-order valence-corrected chi connectivity index (χ2v) is 9.38. The number of hydrogen-bond donors (Lipinski definition) is 2. The first kappa shape index (κ1) is 21.6. The molecule has 2 fully saturated rings. The van der Waals surface area contributed by atoms with Crippen molar-refractivity contribution in [3.63, 3.8) is 0 Å². The minimum Gasteiger partial charge on any atom is -0.354 e. The number of piperidine rings is 1. The van der Waals surface area contributed by atoms with E-state index in [1.165, 1.54) is 11.8 Å². The summed E-state index contributed by atoms with van der Waals surface area (Å²) in [5, 5.41) is 15.4. The normalized spacial score (nSPS) is 18.5. The lowest BCUT2D eigenvalue weighted by molar-refractivity contribution is -0.125. The fourth-order valence-electron chi connectivity index (χ4n) is 3.72. The van der Waals surface area contributed by atoms with Gasteiger partial charge in [-0.3, -0.25) is 9.59 Å². The van der Waals surface area contributed by atoms with Crippen LogP contribution in [0.15, 0.2) is 35.4 Å². The van der Waals surface area contributed by atoms with Crippen LogP contribution in [-0.4, -0.2) is 46.9 Å². The standard InChI is InChI=1S/C23H29N5O2S/c1-15-5-3-7-19(16(15)2)25-21(29)14-31-22-11-10-20(26-27-22)28-12-4-6-17(13-28)23(30)24-18-8-9-18/h3,5,7,10-11,17-18H,4,6,8-9,12-14H2,1-2H3,(H,24,30)(H,25,29). The molecule has 1 saturated heterocycles. The summed E-state index contributed by atoms with van der Waals surface area (Å²) in [4.78, 5) is 26.8. The molecule has 1 aliphatic carbocycles. The average molecular weight is 440 g/mol. The van der Waals surface area contributed by atoms with Gasteiger partial charge < -0.3 is 15.5 Å². The number of hydrogen-bond acceptors (Lipinski definition) is 6. The molecule has 4 rings (SSSR count). The lowest BCUT2D eigenvalue weighted by atomic mass is 9.97. The van der Waals surface area contributed by atoms with Crippen LogP contribution in [0.5, 0.6) is 0 Å². The van der Waals surface area contributed by atoms with E-state index in [9.17, 15) is 9.59 Å². The van der Waals surface area contributed by atoms with Crippen molar-refractivity contribution < 1.29 is 9.59 Å². The van der Waals surface area contributed by atoms with Gasteiger partial charge in [-0.05, 0) is 68.9 Å². The summed E-state index contributed by atoms with van der Waals surface area (Å²) < 4.78 is 0. The Morgan fingerprint density at radius 2 is 1.97 bits per heavy atom. The van der Waals surface area contributed by atoms with E-state index < -0.39 is 0 Å². The topological polar surface area (TPSA) is 87.2 Å². The smallest absolute Gasteiger partial charge is 0.234 e. The fourth-order valence-corrected chi connectivity index (χ4v) is 4.33. The molecule has 2 aromatic rings. The van der Waals surface area contributed by atoms with Crippen LogP contribution in [0.25, 0.3) is 0 Å². The number of nitrogens with one attached hydrogen (secondary N) is 2. The highest BCUT2D eigenvalue weighted by atomic mass is 32.2. The van der Waals surface area contributed by atoms with Gasteiger partial charge in [0.1, 0.15) is 5.03 Å². The van der Waals surface area contributed by atoms with E-state index >= 15 is 0 Å².